The number of hydrogen-bond acceptors (Lipinski definition) is 3. The van der Waals surface area contributed by atoms with E-state index >= 15 is 0 Å². The number of hydrogen-bond donors (Lipinski definition) is 2. The highest BCUT2D eigenvalue weighted by Gasteiger charge is 2.21. The molecule has 0 aromatic heterocycles. The molecule has 0 bridgehead atoms. The van der Waals surface area contributed by atoms with Crippen LogP contribution in [0, 0.1) is 5.92 Å². The van der Waals surface area contributed by atoms with E-state index in [1.54, 1.807) is 12.1 Å². The van der Waals surface area contributed by atoms with Crippen LogP contribution in [0.3, 0.4) is 0 Å². The predicted octanol–water partition coefficient (Wildman–Crippen LogP) is 2.41. The fraction of sp³-hybridized carbons (Fsp3) is 0.538. The van der Waals surface area contributed by atoms with Crippen LogP contribution < -0.4 is 4.72 Å². The van der Waals surface area contributed by atoms with Gasteiger partial charge in [-0.1, -0.05) is 18.9 Å². The van der Waals surface area contributed by atoms with Gasteiger partial charge in [-0.05, 0) is 52.4 Å². The first-order chi connectivity index (χ1) is 9.03. The number of sulfonamides is 1. The Kier molecular flexibility index (Phi) is 5.00. The molecule has 106 valence electrons. The Morgan fingerprint density at radius 2 is 2.00 bits per heavy atom. The zero-order chi connectivity index (χ0) is 13.9. The van der Waals surface area contributed by atoms with Crippen LogP contribution in [0.2, 0.25) is 0 Å². The van der Waals surface area contributed by atoms with Gasteiger partial charge in [0.15, 0.2) is 0 Å². The van der Waals surface area contributed by atoms with E-state index in [9.17, 15) is 8.42 Å². The third-order valence-electron chi connectivity index (χ3n) is 3.50. The smallest absolute Gasteiger partial charge is 0.241 e. The van der Waals surface area contributed by atoms with Gasteiger partial charge < -0.3 is 5.11 Å². The summed E-state index contributed by atoms with van der Waals surface area (Å²) in [5.41, 5.74) is 0.587. The third kappa shape index (κ3) is 3.78. The van der Waals surface area contributed by atoms with E-state index in [0.29, 0.717) is 22.5 Å². The Morgan fingerprint density at radius 1 is 1.32 bits per heavy atom. The summed E-state index contributed by atoms with van der Waals surface area (Å²) in [4.78, 5) is 0.192. The van der Waals surface area contributed by atoms with Gasteiger partial charge in [-0.15, -0.1) is 0 Å². The Labute approximate surface area is 122 Å². The number of halogens is 1. The SMILES string of the molecule is O=S(=O)(NCC1CCCC1)c1cc(CO)ccc1Br. The lowest BCUT2D eigenvalue weighted by Gasteiger charge is -2.13. The molecule has 1 aromatic carbocycles. The van der Waals surface area contributed by atoms with Crippen molar-refractivity contribution in [1.82, 2.24) is 4.72 Å². The van der Waals surface area contributed by atoms with E-state index in [1.165, 1.54) is 18.9 Å². The van der Waals surface area contributed by atoms with Gasteiger partial charge in [-0.2, -0.15) is 0 Å². The summed E-state index contributed by atoms with van der Waals surface area (Å²) >= 11 is 3.25. The number of nitrogens with one attached hydrogen (secondary N) is 1. The molecule has 1 saturated carbocycles. The molecule has 4 nitrogen and oxygen atoms in total. The van der Waals surface area contributed by atoms with Crippen molar-refractivity contribution in [2.45, 2.75) is 37.2 Å². The quantitative estimate of drug-likeness (QED) is 0.859. The summed E-state index contributed by atoms with van der Waals surface area (Å²) in [6.45, 7) is 0.330. The van der Waals surface area contributed by atoms with Crippen molar-refractivity contribution in [2.75, 3.05) is 6.54 Å². The maximum absolute atomic E-state index is 12.3. The zero-order valence-corrected chi connectivity index (χ0v) is 13.0. The van der Waals surface area contributed by atoms with Gasteiger partial charge in [0.1, 0.15) is 0 Å². The molecule has 0 saturated heterocycles. The Bertz CT molecular complexity index is 539. The molecule has 1 aliphatic carbocycles. The first-order valence-corrected chi connectivity index (χ1v) is 8.69. The molecule has 1 aliphatic rings. The third-order valence-corrected chi connectivity index (χ3v) is 5.92. The lowest BCUT2D eigenvalue weighted by molar-refractivity contribution is 0.281. The van der Waals surface area contributed by atoms with Crippen molar-refractivity contribution in [1.29, 1.82) is 0 Å². The van der Waals surface area contributed by atoms with Crippen LogP contribution in [0.5, 0.6) is 0 Å². The highest BCUT2D eigenvalue weighted by molar-refractivity contribution is 9.10. The summed E-state index contributed by atoms with van der Waals surface area (Å²) in [6.07, 6.45) is 4.58. The van der Waals surface area contributed by atoms with Crippen molar-refractivity contribution < 1.29 is 13.5 Å². The minimum absolute atomic E-state index is 0.168. The molecule has 0 amide bonds. The average Bonchev–Trinajstić information content (AvgIpc) is 2.90. The second-order valence-electron chi connectivity index (χ2n) is 4.93. The molecule has 1 fully saturated rings. The minimum Gasteiger partial charge on any atom is -0.392 e. The van der Waals surface area contributed by atoms with Crippen LogP contribution in [-0.2, 0) is 16.6 Å². The summed E-state index contributed by atoms with van der Waals surface area (Å²) < 4.78 is 27.7. The predicted molar refractivity (Wildman–Crippen MR) is 77.2 cm³/mol. The van der Waals surface area contributed by atoms with E-state index in [0.717, 1.165) is 12.8 Å². The Hall–Kier alpha value is -0.430. The second-order valence-corrected chi connectivity index (χ2v) is 7.51. The Balaban J connectivity index is 2.13. The lowest BCUT2D eigenvalue weighted by atomic mass is 10.1. The van der Waals surface area contributed by atoms with Crippen molar-refractivity contribution in [2.24, 2.45) is 5.92 Å². The van der Waals surface area contributed by atoms with Crippen LogP contribution in [0.25, 0.3) is 0 Å². The maximum atomic E-state index is 12.3. The standard InChI is InChI=1S/C13H18BrNO3S/c14-12-6-5-11(9-16)7-13(12)19(17,18)15-8-10-3-1-2-4-10/h5-7,10,15-16H,1-4,8-9H2. The molecular weight excluding hydrogens is 330 g/mol. The number of aliphatic hydroxyl groups is 1. The van der Waals surface area contributed by atoms with Crippen LogP contribution >= 0.6 is 15.9 Å². The van der Waals surface area contributed by atoms with Crippen LogP contribution in [0.4, 0.5) is 0 Å². The molecule has 19 heavy (non-hydrogen) atoms. The number of rotatable bonds is 5. The molecule has 0 atom stereocenters. The topological polar surface area (TPSA) is 66.4 Å². The number of benzene rings is 1. The largest absolute Gasteiger partial charge is 0.392 e. The summed E-state index contributed by atoms with van der Waals surface area (Å²) in [5.74, 6) is 0.453. The van der Waals surface area contributed by atoms with E-state index < -0.39 is 10.0 Å². The molecule has 0 spiro atoms. The molecule has 2 rings (SSSR count). The van der Waals surface area contributed by atoms with Gasteiger partial charge in [-0.3, -0.25) is 0 Å². The molecule has 0 unspecified atom stereocenters. The zero-order valence-electron chi connectivity index (χ0n) is 10.6. The van der Waals surface area contributed by atoms with E-state index in [-0.39, 0.29) is 11.5 Å². The normalized spacial score (nSPS) is 16.9. The van der Waals surface area contributed by atoms with E-state index in [1.807, 2.05) is 0 Å². The van der Waals surface area contributed by atoms with Crippen LogP contribution in [0.1, 0.15) is 31.2 Å². The van der Waals surface area contributed by atoms with Gasteiger partial charge in [0.05, 0.1) is 11.5 Å². The summed E-state index contributed by atoms with van der Waals surface area (Å²) in [6, 6.07) is 4.84. The van der Waals surface area contributed by atoms with Gasteiger partial charge in [-0.25, -0.2) is 13.1 Å². The molecular formula is C13H18BrNO3S. The minimum atomic E-state index is -3.52. The maximum Gasteiger partial charge on any atom is 0.241 e. The summed E-state index contributed by atoms with van der Waals surface area (Å²) in [5, 5.41) is 9.09. The van der Waals surface area contributed by atoms with Crippen molar-refractivity contribution in [3.63, 3.8) is 0 Å². The van der Waals surface area contributed by atoms with Crippen molar-refractivity contribution in [3.8, 4) is 0 Å². The molecule has 2 N–H and O–H groups in total. The number of aliphatic hydroxyl groups excluding tert-OH is 1. The highest BCUT2D eigenvalue weighted by atomic mass is 79.9. The average molecular weight is 348 g/mol. The van der Waals surface area contributed by atoms with Gasteiger partial charge in [0.25, 0.3) is 0 Å². The van der Waals surface area contributed by atoms with E-state index in [4.69, 9.17) is 5.11 Å². The molecule has 1 aromatic rings. The Morgan fingerprint density at radius 3 is 2.63 bits per heavy atom. The molecule has 0 radical (unpaired) electrons. The van der Waals surface area contributed by atoms with Gasteiger partial charge in [0.2, 0.25) is 10.0 Å². The van der Waals surface area contributed by atoms with Gasteiger partial charge in [0, 0.05) is 11.0 Å². The lowest BCUT2D eigenvalue weighted by Crippen LogP contribution is -2.28. The first kappa shape index (κ1) is 15.0. The fourth-order valence-corrected chi connectivity index (χ4v) is 4.50. The van der Waals surface area contributed by atoms with Crippen LogP contribution in [0.15, 0.2) is 27.6 Å². The molecule has 6 heteroatoms. The van der Waals surface area contributed by atoms with Crippen LogP contribution in [-0.4, -0.2) is 20.1 Å². The van der Waals surface area contributed by atoms with Crippen molar-refractivity contribution >= 4 is 26.0 Å². The first-order valence-electron chi connectivity index (χ1n) is 6.42. The highest BCUT2D eigenvalue weighted by Crippen LogP contribution is 2.26. The molecule has 0 heterocycles. The fourth-order valence-electron chi connectivity index (χ4n) is 2.37. The van der Waals surface area contributed by atoms with Crippen molar-refractivity contribution in [3.05, 3.63) is 28.2 Å². The summed E-state index contributed by atoms with van der Waals surface area (Å²) in [7, 11) is -3.52. The van der Waals surface area contributed by atoms with Gasteiger partial charge >= 0.3 is 0 Å². The monoisotopic (exact) mass is 347 g/mol. The molecule has 0 aliphatic heterocycles. The second kappa shape index (κ2) is 6.35. The van der Waals surface area contributed by atoms with E-state index in [2.05, 4.69) is 20.7 Å².